The average molecular weight is 395 g/mol. The van der Waals surface area contributed by atoms with Crippen molar-refractivity contribution >= 4 is 15.9 Å². The van der Waals surface area contributed by atoms with Crippen LogP contribution in [0.4, 0.5) is 0 Å². The van der Waals surface area contributed by atoms with Crippen LogP contribution in [0.25, 0.3) is 0 Å². The van der Waals surface area contributed by atoms with Crippen LogP contribution in [0.2, 0.25) is 0 Å². The van der Waals surface area contributed by atoms with E-state index in [-0.39, 0.29) is 22.8 Å². The lowest BCUT2D eigenvalue weighted by Gasteiger charge is -2.39. The summed E-state index contributed by atoms with van der Waals surface area (Å²) in [7, 11) is -3.66. The van der Waals surface area contributed by atoms with Gasteiger partial charge in [-0.1, -0.05) is 19.3 Å². The molecule has 1 saturated carbocycles. The maximum absolute atomic E-state index is 13.4. The van der Waals surface area contributed by atoms with E-state index in [1.807, 2.05) is 6.92 Å². The molecule has 6 nitrogen and oxygen atoms in total. The number of carbonyl (C=O) groups excluding carboxylic acids is 1. The van der Waals surface area contributed by atoms with Gasteiger partial charge in [-0.2, -0.15) is 4.31 Å². The molecule has 2 aliphatic rings. The lowest BCUT2D eigenvalue weighted by molar-refractivity contribution is -0.127. The smallest absolute Gasteiger partial charge is 0.243 e. The second-order valence-electron chi connectivity index (χ2n) is 7.33. The van der Waals surface area contributed by atoms with Crippen molar-refractivity contribution in [3.8, 4) is 5.75 Å². The summed E-state index contributed by atoms with van der Waals surface area (Å²) in [5.74, 6) is 0.412. The zero-order valence-corrected chi connectivity index (χ0v) is 16.8. The third-order valence-electron chi connectivity index (χ3n) is 5.53. The SMILES string of the molecule is CCOc1ccc(S(=O)(=O)N2CCCCCNC(=O)[C@@H]3CCCC[C@@H]32)cc1. The van der Waals surface area contributed by atoms with Gasteiger partial charge >= 0.3 is 0 Å². The summed E-state index contributed by atoms with van der Waals surface area (Å²) in [6, 6.07) is 6.35. The average Bonchev–Trinajstić information content (AvgIpc) is 2.68. The molecule has 1 aliphatic heterocycles. The van der Waals surface area contributed by atoms with Gasteiger partial charge in [-0.15, -0.1) is 0 Å². The predicted molar refractivity (Wildman–Crippen MR) is 104 cm³/mol. The van der Waals surface area contributed by atoms with Crippen molar-refractivity contribution in [1.29, 1.82) is 0 Å². The molecule has 7 heteroatoms. The first-order valence-electron chi connectivity index (χ1n) is 10.1. The van der Waals surface area contributed by atoms with Gasteiger partial charge in [-0.25, -0.2) is 8.42 Å². The maximum Gasteiger partial charge on any atom is 0.243 e. The summed E-state index contributed by atoms with van der Waals surface area (Å²) in [6.45, 7) is 3.60. The number of amides is 1. The highest BCUT2D eigenvalue weighted by Gasteiger charge is 2.40. The summed E-state index contributed by atoms with van der Waals surface area (Å²) in [6.07, 6.45) is 6.05. The van der Waals surface area contributed by atoms with E-state index < -0.39 is 10.0 Å². The van der Waals surface area contributed by atoms with Crippen molar-refractivity contribution in [3.05, 3.63) is 24.3 Å². The molecule has 150 valence electrons. The van der Waals surface area contributed by atoms with Crippen LogP contribution in [0, 0.1) is 5.92 Å². The molecule has 1 aromatic rings. The molecule has 1 saturated heterocycles. The van der Waals surface area contributed by atoms with Crippen LogP contribution < -0.4 is 10.1 Å². The first-order chi connectivity index (χ1) is 13.0. The number of hydrogen-bond acceptors (Lipinski definition) is 4. The molecule has 2 fully saturated rings. The molecule has 1 amide bonds. The van der Waals surface area contributed by atoms with E-state index in [0.717, 1.165) is 44.9 Å². The molecule has 0 spiro atoms. The number of carbonyl (C=O) groups is 1. The Bertz CT molecular complexity index is 733. The standard InChI is InChI=1S/C20H30N2O4S/c1-2-26-16-10-12-17(13-11-16)27(24,25)22-15-7-3-6-14-21-20(23)18-8-4-5-9-19(18)22/h10-13,18-19H,2-9,14-15H2,1H3,(H,21,23)/t18-,19+/m1/s1. The quantitative estimate of drug-likeness (QED) is 0.852. The summed E-state index contributed by atoms with van der Waals surface area (Å²) >= 11 is 0. The number of sulfonamides is 1. The van der Waals surface area contributed by atoms with E-state index in [1.54, 1.807) is 28.6 Å². The number of hydrogen-bond donors (Lipinski definition) is 1. The third-order valence-corrected chi connectivity index (χ3v) is 7.47. The minimum atomic E-state index is -3.66. The van der Waals surface area contributed by atoms with Gasteiger partial charge in [0.15, 0.2) is 0 Å². The summed E-state index contributed by atoms with van der Waals surface area (Å²) in [5.41, 5.74) is 0. The lowest BCUT2D eigenvalue weighted by atomic mass is 9.83. The summed E-state index contributed by atoms with van der Waals surface area (Å²) < 4.78 is 33.9. The van der Waals surface area contributed by atoms with Crippen LogP contribution in [0.5, 0.6) is 5.75 Å². The Labute approximate surface area is 162 Å². The molecule has 0 radical (unpaired) electrons. The number of fused-ring (bicyclic) bond motifs is 1. The minimum absolute atomic E-state index is 0.00786. The lowest BCUT2D eigenvalue weighted by Crippen LogP contribution is -2.51. The Hall–Kier alpha value is -1.60. The molecule has 1 heterocycles. The van der Waals surface area contributed by atoms with E-state index >= 15 is 0 Å². The molecule has 3 rings (SSSR count). The number of ether oxygens (including phenoxy) is 1. The maximum atomic E-state index is 13.4. The van der Waals surface area contributed by atoms with Crippen LogP contribution in [0.3, 0.4) is 0 Å². The first kappa shape index (κ1) is 20.1. The van der Waals surface area contributed by atoms with Crippen molar-refractivity contribution in [1.82, 2.24) is 9.62 Å². The van der Waals surface area contributed by atoms with Crippen LogP contribution in [-0.2, 0) is 14.8 Å². The van der Waals surface area contributed by atoms with Crippen LogP contribution in [-0.4, -0.2) is 44.4 Å². The second-order valence-corrected chi connectivity index (χ2v) is 9.22. The van der Waals surface area contributed by atoms with Gasteiger partial charge in [-0.05, 0) is 56.9 Å². The van der Waals surface area contributed by atoms with Crippen LogP contribution in [0.15, 0.2) is 29.2 Å². The van der Waals surface area contributed by atoms with E-state index in [1.165, 1.54) is 0 Å². The van der Waals surface area contributed by atoms with E-state index in [2.05, 4.69) is 5.32 Å². The molecule has 27 heavy (non-hydrogen) atoms. The Balaban J connectivity index is 1.91. The molecule has 1 aliphatic carbocycles. The Kier molecular flexibility index (Phi) is 6.76. The van der Waals surface area contributed by atoms with Gasteiger partial charge in [0.05, 0.1) is 17.4 Å². The predicted octanol–water partition coefficient (Wildman–Crippen LogP) is 2.93. The van der Waals surface area contributed by atoms with Crippen molar-refractivity contribution in [2.24, 2.45) is 5.92 Å². The fourth-order valence-electron chi connectivity index (χ4n) is 4.15. The van der Waals surface area contributed by atoms with Gasteiger partial charge < -0.3 is 10.1 Å². The highest BCUT2D eigenvalue weighted by atomic mass is 32.2. The number of nitrogens with one attached hydrogen (secondary N) is 1. The monoisotopic (exact) mass is 394 g/mol. The fourth-order valence-corrected chi connectivity index (χ4v) is 5.88. The Morgan fingerprint density at radius 3 is 2.56 bits per heavy atom. The van der Waals surface area contributed by atoms with Gasteiger partial charge in [-0.3, -0.25) is 4.79 Å². The molecule has 0 unspecified atom stereocenters. The van der Waals surface area contributed by atoms with E-state index in [9.17, 15) is 13.2 Å². The fraction of sp³-hybridized carbons (Fsp3) is 0.650. The molecule has 1 aromatic carbocycles. The Morgan fingerprint density at radius 1 is 1.07 bits per heavy atom. The highest BCUT2D eigenvalue weighted by molar-refractivity contribution is 7.89. The molecular weight excluding hydrogens is 364 g/mol. The van der Waals surface area contributed by atoms with Crippen molar-refractivity contribution < 1.29 is 17.9 Å². The van der Waals surface area contributed by atoms with Gasteiger partial charge in [0.2, 0.25) is 15.9 Å². The van der Waals surface area contributed by atoms with Gasteiger partial charge in [0.1, 0.15) is 5.75 Å². The summed E-state index contributed by atoms with van der Waals surface area (Å²) in [4.78, 5) is 12.9. The number of benzene rings is 1. The Morgan fingerprint density at radius 2 is 1.81 bits per heavy atom. The van der Waals surface area contributed by atoms with Crippen molar-refractivity contribution in [3.63, 3.8) is 0 Å². The molecule has 2 atom stereocenters. The zero-order valence-electron chi connectivity index (χ0n) is 16.0. The van der Waals surface area contributed by atoms with Crippen LogP contribution in [0.1, 0.15) is 51.9 Å². The van der Waals surface area contributed by atoms with Crippen LogP contribution >= 0.6 is 0 Å². The van der Waals surface area contributed by atoms with Gasteiger partial charge in [0.25, 0.3) is 0 Å². The second kappa shape index (κ2) is 9.06. The molecule has 0 aromatic heterocycles. The topological polar surface area (TPSA) is 75.7 Å². The normalized spacial score (nSPS) is 25.3. The first-order valence-corrected chi connectivity index (χ1v) is 11.5. The molecule has 1 N–H and O–H groups in total. The summed E-state index contributed by atoms with van der Waals surface area (Å²) in [5, 5.41) is 3.01. The highest BCUT2D eigenvalue weighted by Crippen LogP contribution is 2.33. The zero-order chi connectivity index (χ0) is 19.3. The van der Waals surface area contributed by atoms with Gasteiger partial charge in [0, 0.05) is 19.1 Å². The van der Waals surface area contributed by atoms with Crippen molar-refractivity contribution in [2.75, 3.05) is 19.7 Å². The third kappa shape index (κ3) is 4.63. The minimum Gasteiger partial charge on any atom is -0.494 e. The number of nitrogens with zero attached hydrogens (tertiary/aromatic N) is 1. The van der Waals surface area contributed by atoms with Crippen molar-refractivity contribution in [2.45, 2.75) is 62.8 Å². The van der Waals surface area contributed by atoms with E-state index in [0.29, 0.717) is 25.4 Å². The largest absolute Gasteiger partial charge is 0.494 e. The molecule has 0 bridgehead atoms. The molecular formula is C20H30N2O4S. The number of rotatable bonds is 4. The van der Waals surface area contributed by atoms with E-state index in [4.69, 9.17) is 4.74 Å².